The summed E-state index contributed by atoms with van der Waals surface area (Å²) in [6.07, 6.45) is 0.537. The van der Waals surface area contributed by atoms with Gasteiger partial charge in [0.1, 0.15) is 5.69 Å². The monoisotopic (exact) mass is 606 g/mol. The fourth-order valence-corrected chi connectivity index (χ4v) is 4.76. The molecule has 0 unspecified atom stereocenters. The zero-order valence-corrected chi connectivity index (χ0v) is 21.1. The van der Waals surface area contributed by atoms with Gasteiger partial charge in [0.05, 0.1) is 16.4 Å². The second-order valence-electron chi connectivity index (χ2n) is 7.05. The highest BCUT2D eigenvalue weighted by Gasteiger charge is 2.19. The molecule has 0 saturated carbocycles. The Morgan fingerprint density at radius 3 is 2.39 bits per heavy atom. The van der Waals surface area contributed by atoms with E-state index in [-0.39, 0.29) is 22.9 Å². The van der Waals surface area contributed by atoms with Crippen LogP contribution in [0.15, 0.2) is 60.7 Å². The molecule has 0 aromatic heterocycles. The van der Waals surface area contributed by atoms with E-state index in [1.54, 1.807) is 18.2 Å². The third-order valence-corrected chi connectivity index (χ3v) is 6.58. The minimum Gasteiger partial charge on any atom is -0.350 e. The highest BCUT2D eigenvalue weighted by Crippen LogP contribution is 2.34. The summed E-state index contributed by atoms with van der Waals surface area (Å²) in [5.41, 5.74) is 0.914. The molecule has 33 heavy (non-hydrogen) atoms. The number of hydrogen-bond donors (Lipinski definition) is 4. The molecule has 4 N–H and O–H groups in total. The van der Waals surface area contributed by atoms with E-state index >= 15 is 0 Å². The van der Waals surface area contributed by atoms with Crippen LogP contribution in [0.1, 0.15) is 12.0 Å². The summed E-state index contributed by atoms with van der Waals surface area (Å²) in [4.78, 5) is 0. The predicted octanol–water partition coefficient (Wildman–Crippen LogP) is 5.39. The van der Waals surface area contributed by atoms with Gasteiger partial charge in [-0.1, -0.05) is 41.9 Å². The molecule has 0 aliphatic carbocycles. The van der Waals surface area contributed by atoms with E-state index in [1.807, 2.05) is 30.3 Å². The van der Waals surface area contributed by atoms with Crippen molar-refractivity contribution >= 4 is 61.5 Å². The SMILES string of the molecule is O=S(=O)(NCCCNCc1ccccc1)Nc1ccc(F)c(F)c1Nc1ccc(I)cc1Cl. The number of rotatable bonds is 11. The molecule has 0 saturated heterocycles. The molecule has 6 nitrogen and oxygen atoms in total. The molecule has 0 aliphatic rings. The lowest BCUT2D eigenvalue weighted by atomic mass is 10.2. The maximum atomic E-state index is 14.5. The molecule has 3 aromatic carbocycles. The minimum atomic E-state index is -4.03. The maximum absolute atomic E-state index is 14.5. The van der Waals surface area contributed by atoms with E-state index in [0.717, 1.165) is 21.3 Å². The van der Waals surface area contributed by atoms with Crippen LogP contribution >= 0.6 is 34.2 Å². The van der Waals surface area contributed by atoms with Gasteiger partial charge in [0.2, 0.25) is 0 Å². The molecule has 0 heterocycles. The van der Waals surface area contributed by atoms with Crippen molar-refractivity contribution in [3.8, 4) is 0 Å². The highest BCUT2D eigenvalue weighted by molar-refractivity contribution is 14.1. The fraction of sp³-hybridized carbons (Fsp3) is 0.182. The maximum Gasteiger partial charge on any atom is 0.299 e. The van der Waals surface area contributed by atoms with E-state index in [0.29, 0.717) is 25.2 Å². The van der Waals surface area contributed by atoms with Gasteiger partial charge in [-0.3, -0.25) is 4.72 Å². The van der Waals surface area contributed by atoms with Crippen molar-refractivity contribution in [1.82, 2.24) is 10.0 Å². The van der Waals surface area contributed by atoms with Crippen LogP contribution in [0.4, 0.5) is 25.8 Å². The van der Waals surface area contributed by atoms with Crippen molar-refractivity contribution in [2.24, 2.45) is 0 Å². The standard InChI is InChI=1S/C22H22ClF2IN4O2S/c23-17-13-16(26)7-9-19(17)29-22-20(10-8-18(24)21(22)25)30-33(31,32)28-12-4-11-27-14-15-5-2-1-3-6-15/h1-3,5-10,13,27-30H,4,11-12,14H2. The summed E-state index contributed by atoms with van der Waals surface area (Å²) in [7, 11) is -4.03. The van der Waals surface area contributed by atoms with Crippen LogP contribution in [0.3, 0.4) is 0 Å². The summed E-state index contributed by atoms with van der Waals surface area (Å²) >= 11 is 8.23. The summed E-state index contributed by atoms with van der Waals surface area (Å²) in [6, 6.07) is 16.8. The van der Waals surface area contributed by atoms with E-state index < -0.39 is 21.8 Å². The summed E-state index contributed by atoms with van der Waals surface area (Å²) < 4.78 is 58.8. The van der Waals surface area contributed by atoms with Crippen molar-refractivity contribution in [2.45, 2.75) is 13.0 Å². The number of nitrogens with one attached hydrogen (secondary N) is 4. The van der Waals surface area contributed by atoms with E-state index in [4.69, 9.17) is 11.6 Å². The van der Waals surface area contributed by atoms with Crippen molar-refractivity contribution in [3.63, 3.8) is 0 Å². The Bertz CT molecular complexity index is 1200. The van der Waals surface area contributed by atoms with E-state index in [1.165, 1.54) is 0 Å². The Kier molecular flexibility index (Phi) is 9.27. The van der Waals surface area contributed by atoms with Crippen molar-refractivity contribution in [3.05, 3.63) is 86.5 Å². The van der Waals surface area contributed by atoms with Crippen LogP contribution in [0.5, 0.6) is 0 Å². The van der Waals surface area contributed by atoms with Gasteiger partial charge >= 0.3 is 0 Å². The Hall–Kier alpha value is -1.99. The molecule has 0 radical (unpaired) electrons. The van der Waals surface area contributed by atoms with Gasteiger partial charge in [-0.25, -0.2) is 8.78 Å². The highest BCUT2D eigenvalue weighted by atomic mass is 127. The smallest absolute Gasteiger partial charge is 0.299 e. The van der Waals surface area contributed by atoms with Crippen molar-refractivity contribution < 1.29 is 17.2 Å². The van der Waals surface area contributed by atoms with Gasteiger partial charge in [-0.05, 0) is 71.5 Å². The molecule has 0 amide bonds. The molecule has 11 heteroatoms. The molecule has 0 atom stereocenters. The normalized spacial score (nSPS) is 11.4. The fourth-order valence-electron chi connectivity index (χ4n) is 2.91. The second-order valence-corrected chi connectivity index (χ2v) is 10.2. The Morgan fingerprint density at radius 2 is 1.67 bits per heavy atom. The topological polar surface area (TPSA) is 82.3 Å². The summed E-state index contributed by atoms with van der Waals surface area (Å²) in [5.74, 6) is -2.35. The molecular weight excluding hydrogens is 585 g/mol. The quantitative estimate of drug-likeness (QED) is 0.174. The minimum absolute atomic E-state index is 0.154. The van der Waals surface area contributed by atoms with Crippen LogP contribution in [0.25, 0.3) is 0 Å². The number of hydrogen-bond acceptors (Lipinski definition) is 4. The van der Waals surface area contributed by atoms with Crippen LogP contribution in [0, 0.1) is 15.2 Å². The summed E-state index contributed by atoms with van der Waals surface area (Å²) in [6.45, 7) is 1.43. The zero-order valence-electron chi connectivity index (χ0n) is 17.3. The van der Waals surface area contributed by atoms with Crippen LogP contribution < -0.4 is 20.1 Å². The number of anilines is 3. The zero-order chi connectivity index (χ0) is 23.8. The molecule has 3 aromatic rings. The average molecular weight is 607 g/mol. The Morgan fingerprint density at radius 1 is 0.939 bits per heavy atom. The molecule has 3 rings (SSSR count). The third kappa shape index (κ3) is 7.78. The van der Waals surface area contributed by atoms with Gasteiger partial charge in [-0.2, -0.15) is 13.1 Å². The molecule has 0 aliphatic heterocycles. The van der Waals surface area contributed by atoms with Gasteiger partial charge < -0.3 is 10.6 Å². The van der Waals surface area contributed by atoms with E-state index in [9.17, 15) is 17.2 Å². The van der Waals surface area contributed by atoms with Crippen LogP contribution in [0.2, 0.25) is 5.02 Å². The average Bonchev–Trinajstić information content (AvgIpc) is 2.78. The van der Waals surface area contributed by atoms with Gasteiger partial charge in [0.15, 0.2) is 11.6 Å². The van der Waals surface area contributed by atoms with Crippen molar-refractivity contribution in [2.75, 3.05) is 23.1 Å². The first kappa shape index (κ1) is 25.6. The largest absolute Gasteiger partial charge is 0.350 e. The first-order valence-electron chi connectivity index (χ1n) is 9.97. The molecule has 0 bridgehead atoms. The lowest BCUT2D eigenvalue weighted by Crippen LogP contribution is -2.32. The second kappa shape index (κ2) is 11.9. The predicted molar refractivity (Wildman–Crippen MR) is 137 cm³/mol. The van der Waals surface area contributed by atoms with Gasteiger partial charge in [-0.15, -0.1) is 0 Å². The number of halogens is 4. The lowest BCUT2D eigenvalue weighted by molar-refractivity contribution is 0.512. The first-order chi connectivity index (χ1) is 15.7. The molecule has 0 spiro atoms. The lowest BCUT2D eigenvalue weighted by Gasteiger charge is -2.16. The molecule has 176 valence electrons. The van der Waals surface area contributed by atoms with Crippen LogP contribution in [-0.4, -0.2) is 21.5 Å². The van der Waals surface area contributed by atoms with Crippen LogP contribution in [-0.2, 0) is 16.8 Å². The third-order valence-electron chi connectivity index (χ3n) is 4.52. The van der Waals surface area contributed by atoms with E-state index in [2.05, 4.69) is 42.7 Å². The molecule has 0 fully saturated rings. The Balaban J connectivity index is 1.60. The molecular formula is C22H22ClF2IN4O2S. The number of benzene rings is 3. The van der Waals surface area contributed by atoms with Gasteiger partial charge in [0.25, 0.3) is 10.2 Å². The summed E-state index contributed by atoms with van der Waals surface area (Å²) in [5, 5.41) is 6.19. The van der Waals surface area contributed by atoms with Crippen molar-refractivity contribution in [1.29, 1.82) is 0 Å². The van der Waals surface area contributed by atoms with Gasteiger partial charge in [0, 0.05) is 16.7 Å². The first-order valence-corrected chi connectivity index (χ1v) is 12.9. The Labute approximate surface area is 210 Å².